The number of hydrogen-bond acceptors (Lipinski definition) is 2. The number of aryl methyl sites for hydroxylation is 1. The summed E-state index contributed by atoms with van der Waals surface area (Å²) in [7, 11) is 0. The first-order valence-electron chi connectivity index (χ1n) is 5.77. The van der Waals surface area contributed by atoms with Gasteiger partial charge in [-0.2, -0.15) is 0 Å². The Morgan fingerprint density at radius 3 is 2.06 bits per heavy atom. The van der Waals surface area contributed by atoms with E-state index in [2.05, 4.69) is 31.2 Å². The van der Waals surface area contributed by atoms with Crippen molar-refractivity contribution in [3.05, 3.63) is 59.7 Å². The van der Waals surface area contributed by atoms with Gasteiger partial charge in [-0.1, -0.05) is 31.2 Å². The minimum atomic E-state index is 0.254. The van der Waals surface area contributed by atoms with E-state index in [9.17, 15) is 0 Å². The van der Waals surface area contributed by atoms with E-state index in [1.165, 1.54) is 5.56 Å². The summed E-state index contributed by atoms with van der Waals surface area (Å²) in [5.41, 5.74) is 2.48. The van der Waals surface area contributed by atoms with Crippen LogP contribution in [-0.4, -0.2) is 5.11 Å². The average Bonchev–Trinajstić information content (AvgIpc) is 2.39. The Morgan fingerprint density at radius 1 is 0.882 bits per heavy atom. The zero-order valence-electron chi connectivity index (χ0n) is 9.89. The summed E-state index contributed by atoms with van der Waals surface area (Å²) in [6, 6.07) is 15.2. The van der Waals surface area contributed by atoms with E-state index in [1.807, 2.05) is 0 Å². The minimum absolute atomic E-state index is 0.254. The van der Waals surface area contributed by atoms with Gasteiger partial charge in [0, 0.05) is 0 Å². The van der Waals surface area contributed by atoms with Crippen LogP contribution < -0.4 is 4.74 Å². The van der Waals surface area contributed by atoms with Crippen molar-refractivity contribution >= 4 is 0 Å². The molecule has 0 fully saturated rings. The van der Waals surface area contributed by atoms with Crippen LogP contribution >= 0.6 is 0 Å². The third kappa shape index (κ3) is 3.25. The molecule has 2 rings (SSSR count). The molecule has 0 spiro atoms. The topological polar surface area (TPSA) is 29.5 Å². The lowest BCUT2D eigenvalue weighted by molar-refractivity contribution is 0.305. The Balaban J connectivity index is 1.95. The van der Waals surface area contributed by atoms with Crippen LogP contribution in [0.25, 0.3) is 0 Å². The molecule has 0 bridgehead atoms. The molecule has 2 aromatic rings. The van der Waals surface area contributed by atoms with Crippen LogP contribution in [0.2, 0.25) is 0 Å². The Kier molecular flexibility index (Phi) is 3.66. The molecule has 0 saturated heterocycles. The molecule has 0 aromatic heterocycles. The highest BCUT2D eigenvalue weighted by atomic mass is 16.5. The first-order chi connectivity index (χ1) is 8.28. The molecular formula is C15H16O2. The second-order valence-corrected chi connectivity index (χ2v) is 3.95. The Labute approximate surface area is 101 Å². The molecule has 0 unspecified atom stereocenters. The van der Waals surface area contributed by atoms with Gasteiger partial charge in [0.25, 0.3) is 0 Å². The van der Waals surface area contributed by atoms with E-state index in [4.69, 9.17) is 9.84 Å². The smallest absolute Gasteiger partial charge is 0.120 e. The van der Waals surface area contributed by atoms with E-state index in [-0.39, 0.29) is 5.75 Å². The SMILES string of the molecule is CCc1ccc(COc2ccc(O)cc2)cc1. The highest BCUT2D eigenvalue weighted by Gasteiger charge is 1.96. The number of benzene rings is 2. The van der Waals surface area contributed by atoms with Crippen molar-refractivity contribution in [3.63, 3.8) is 0 Å². The summed E-state index contributed by atoms with van der Waals surface area (Å²) in [6.07, 6.45) is 1.05. The predicted octanol–water partition coefficient (Wildman–Crippen LogP) is 3.53. The molecule has 0 saturated carbocycles. The van der Waals surface area contributed by atoms with Crippen molar-refractivity contribution in [1.82, 2.24) is 0 Å². The highest BCUT2D eigenvalue weighted by Crippen LogP contribution is 2.17. The molecule has 88 valence electrons. The molecule has 2 heteroatoms. The van der Waals surface area contributed by atoms with Crippen LogP contribution in [0, 0.1) is 0 Å². The van der Waals surface area contributed by atoms with E-state index in [0.29, 0.717) is 6.61 Å². The van der Waals surface area contributed by atoms with Crippen LogP contribution in [-0.2, 0) is 13.0 Å². The third-order valence-electron chi connectivity index (χ3n) is 2.67. The summed E-state index contributed by atoms with van der Waals surface area (Å²) in [5, 5.41) is 9.14. The van der Waals surface area contributed by atoms with Crippen LogP contribution in [0.5, 0.6) is 11.5 Å². The van der Waals surface area contributed by atoms with Crippen molar-refractivity contribution in [2.24, 2.45) is 0 Å². The number of phenols is 1. The first kappa shape index (κ1) is 11.5. The molecule has 0 aliphatic carbocycles. The van der Waals surface area contributed by atoms with E-state index < -0.39 is 0 Å². The summed E-state index contributed by atoms with van der Waals surface area (Å²) in [4.78, 5) is 0. The van der Waals surface area contributed by atoms with Gasteiger partial charge in [-0.25, -0.2) is 0 Å². The maximum atomic E-state index is 9.14. The Morgan fingerprint density at radius 2 is 1.47 bits per heavy atom. The van der Waals surface area contributed by atoms with Gasteiger partial charge < -0.3 is 9.84 Å². The molecule has 2 nitrogen and oxygen atoms in total. The second-order valence-electron chi connectivity index (χ2n) is 3.95. The maximum absolute atomic E-state index is 9.14. The van der Waals surface area contributed by atoms with Crippen molar-refractivity contribution in [3.8, 4) is 11.5 Å². The van der Waals surface area contributed by atoms with Crippen molar-refractivity contribution in [1.29, 1.82) is 0 Å². The van der Waals surface area contributed by atoms with E-state index >= 15 is 0 Å². The molecular weight excluding hydrogens is 212 g/mol. The Hall–Kier alpha value is -1.96. The maximum Gasteiger partial charge on any atom is 0.120 e. The molecule has 0 atom stereocenters. The molecule has 2 aromatic carbocycles. The fraction of sp³-hybridized carbons (Fsp3) is 0.200. The number of hydrogen-bond donors (Lipinski definition) is 1. The first-order valence-corrected chi connectivity index (χ1v) is 5.77. The molecule has 0 radical (unpaired) electrons. The molecule has 0 heterocycles. The van der Waals surface area contributed by atoms with Gasteiger partial charge in [0.15, 0.2) is 0 Å². The van der Waals surface area contributed by atoms with Crippen molar-refractivity contribution < 1.29 is 9.84 Å². The second kappa shape index (κ2) is 5.39. The van der Waals surface area contributed by atoms with Crippen LogP contribution in [0.15, 0.2) is 48.5 Å². The summed E-state index contributed by atoms with van der Waals surface area (Å²) in [5.74, 6) is 1.02. The molecule has 1 N–H and O–H groups in total. The quantitative estimate of drug-likeness (QED) is 0.867. The summed E-state index contributed by atoms with van der Waals surface area (Å²) in [6.45, 7) is 2.69. The lowest BCUT2D eigenvalue weighted by Gasteiger charge is -2.06. The number of rotatable bonds is 4. The minimum Gasteiger partial charge on any atom is -0.508 e. The van der Waals surface area contributed by atoms with Gasteiger partial charge in [0.05, 0.1) is 0 Å². The normalized spacial score (nSPS) is 10.2. The largest absolute Gasteiger partial charge is 0.508 e. The molecule has 0 amide bonds. The summed E-state index contributed by atoms with van der Waals surface area (Å²) >= 11 is 0. The fourth-order valence-corrected chi connectivity index (χ4v) is 1.58. The third-order valence-corrected chi connectivity index (χ3v) is 2.67. The van der Waals surface area contributed by atoms with Gasteiger partial charge in [0.1, 0.15) is 18.1 Å². The molecule has 0 aliphatic rings. The lowest BCUT2D eigenvalue weighted by atomic mass is 10.1. The number of ether oxygens (including phenoxy) is 1. The molecule has 0 aliphatic heterocycles. The van der Waals surface area contributed by atoms with Crippen molar-refractivity contribution in [2.75, 3.05) is 0 Å². The summed E-state index contributed by atoms with van der Waals surface area (Å²) < 4.78 is 5.61. The number of aromatic hydroxyl groups is 1. The van der Waals surface area contributed by atoms with Crippen LogP contribution in [0.3, 0.4) is 0 Å². The Bertz CT molecular complexity index is 457. The van der Waals surface area contributed by atoms with Gasteiger partial charge in [-0.3, -0.25) is 0 Å². The standard InChI is InChI=1S/C15H16O2/c1-2-12-3-5-13(6-4-12)11-17-15-9-7-14(16)8-10-15/h3-10,16H,2,11H2,1H3. The van der Waals surface area contributed by atoms with Gasteiger partial charge in [0.2, 0.25) is 0 Å². The highest BCUT2D eigenvalue weighted by molar-refractivity contribution is 5.30. The van der Waals surface area contributed by atoms with E-state index in [1.54, 1.807) is 24.3 Å². The lowest BCUT2D eigenvalue weighted by Crippen LogP contribution is -1.95. The zero-order valence-corrected chi connectivity index (χ0v) is 9.89. The van der Waals surface area contributed by atoms with Gasteiger partial charge in [-0.15, -0.1) is 0 Å². The van der Waals surface area contributed by atoms with Gasteiger partial charge >= 0.3 is 0 Å². The molecule has 17 heavy (non-hydrogen) atoms. The average molecular weight is 228 g/mol. The predicted molar refractivity (Wildman–Crippen MR) is 68.3 cm³/mol. The van der Waals surface area contributed by atoms with E-state index in [0.717, 1.165) is 17.7 Å². The van der Waals surface area contributed by atoms with Crippen LogP contribution in [0.4, 0.5) is 0 Å². The van der Waals surface area contributed by atoms with Gasteiger partial charge in [-0.05, 0) is 41.8 Å². The zero-order chi connectivity index (χ0) is 12.1. The van der Waals surface area contributed by atoms with Crippen LogP contribution in [0.1, 0.15) is 18.1 Å². The van der Waals surface area contributed by atoms with Crippen molar-refractivity contribution in [2.45, 2.75) is 20.0 Å². The fourth-order valence-electron chi connectivity index (χ4n) is 1.58. The number of phenolic OH excluding ortho intramolecular Hbond substituents is 1. The monoisotopic (exact) mass is 228 g/mol.